The molecule has 0 aromatic heterocycles. The van der Waals surface area contributed by atoms with Crippen LogP contribution in [0.15, 0.2) is 72.8 Å². The van der Waals surface area contributed by atoms with Crippen LogP contribution in [0.4, 0.5) is 11.4 Å². The van der Waals surface area contributed by atoms with Crippen molar-refractivity contribution in [2.75, 3.05) is 24.9 Å². The lowest BCUT2D eigenvalue weighted by atomic mass is 9.95. The van der Waals surface area contributed by atoms with Crippen LogP contribution in [0.1, 0.15) is 35.7 Å². The lowest BCUT2D eigenvalue weighted by Gasteiger charge is -2.15. The van der Waals surface area contributed by atoms with Gasteiger partial charge in [-0.15, -0.1) is 0 Å². The highest BCUT2D eigenvalue weighted by Gasteiger charge is 2.12. The van der Waals surface area contributed by atoms with Crippen molar-refractivity contribution in [1.29, 1.82) is 0 Å². The molecule has 2 N–H and O–H groups in total. The van der Waals surface area contributed by atoms with Crippen molar-refractivity contribution >= 4 is 23.2 Å². The second kappa shape index (κ2) is 11.7. The zero-order chi connectivity index (χ0) is 23.6. The van der Waals surface area contributed by atoms with Crippen molar-refractivity contribution in [2.45, 2.75) is 26.2 Å². The van der Waals surface area contributed by atoms with E-state index in [-0.39, 0.29) is 11.8 Å². The van der Waals surface area contributed by atoms with Gasteiger partial charge >= 0.3 is 0 Å². The maximum atomic E-state index is 12.4. The van der Waals surface area contributed by atoms with Crippen LogP contribution in [0.2, 0.25) is 0 Å². The number of hydrogen-bond donors (Lipinski definition) is 2. The third-order valence-corrected chi connectivity index (χ3v) is 5.39. The number of rotatable bonds is 10. The molecular weight excluding hydrogens is 416 g/mol. The van der Waals surface area contributed by atoms with E-state index in [9.17, 15) is 9.59 Å². The summed E-state index contributed by atoms with van der Waals surface area (Å²) in [7, 11) is 3.27. The molecule has 0 aliphatic carbocycles. The van der Waals surface area contributed by atoms with E-state index < -0.39 is 0 Å². The fraction of sp³-hybridized carbons (Fsp3) is 0.259. The zero-order valence-electron chi connectivity index (χ0n) is 19.3. The number of benzene rings is 3. The Morgan fingerprint density at radius 3 is 2.21 bits per heavy atom. The van der Waals surface area contributed by atoms with Gasteiger partial charge in [-0.1, -0.05) is 31.2 Å². The number of hydrogen-bond acceptors (Lipinski definition) is 4. The highest BCUT2D eigenvalue weighted by molar-refractivity contribution is 6.04. The Morgan fingerprint density at radius 1 is 0.848 bits per heavy atom. The molecule has 0 aliphatic heterocycles. The average molecular weight is 447 g/mol. The van der Waals surface area contributed by atoms with Crippen LogP contribution < -0.4 is 20.1 Å². The molecule has 0 saturated heterocycles. The number of carbonyl (C=O) groups excluding carboxylic acids is 2. The van der Waals surface area contributed by atoms with Crippen LogP contribution in [0.25, 0.3) is 0 Å². The summed E-state index contributed by atoms with van der Waals surface area (Å²) in [4.78, 5) is 24.7. The fourth-order valence-electron chi connectivity index (χ4n) is 3.53. The van der Waals surface area contributed by atoms with E-state index in [0.717, 1.165) is 35.6 Å². The Morgan fingerprint density at radius 2 is 1.55 bits per heavy atom. The van der Waals surface area contributed by atoms with Gasteiger partial charge in [-0.05, 0) is 66.8 Å². The molecule has 0 heterocycles. The topological polar surface area (TPSA) is 76.7 Å². The molecule has 1 unspecified atom stereocenters. The molecule has 3 rings (SSSR count). The summed E-state index contributed by atoms with van der Waals surface area (Å²) in [6.07, 6.45) is 1.97. The van der Waals surface area contributed by atoms with Crippen molar-refractivity contribution in [3.8, 4) is 11.5 Å². The molecule has 0 bridgehead atoms. The first-order valence-electron chi connectivity index (χ1n) is 11.0. The van der Waals surface area contributed by atoms with Crippen LogP contribution in [-0.2, 0) is 11.2 Å². The molecule has 6 nitrogen and oxygen atoms in total. The van der Waals surface area contributed by atoms with Crippen LogP contribution in [0, 0.1) is 5.92 Å². The van der Waals surface area contributed by atoms with E-state index >= 15 is 0 Å². The van der Waals surface area contributed by atoms with E-state index in [1.165, 1.54) is 0 Å². The van der Waals surface area contributed by atoms with Crippen molar-refractivity contribution in [2.24, 2.45) is 5.92 Å². The summed E-state index contributed by atoms with van der Waals surface area (Å²) in [6, 6.07) is 22.0. The van der Waals surface area contributed by atoms with Crippen molar-refractivity contribution in [3.63, 3.8) is 0 Å². The molecule has 172 valence electrons. The predicted octanol–water partition coefficient (Wildman–Crippen LogP) is 5.55. The summed E-state index contributed by atoms with van der Waals surface area (Å²) in [5, 5.41) is 5.75. The van der Waals surface area contributed by atoms with E-state index in [1.54, 1.807) is 38.5 Å². The van der Waals surface area contributed by atoms with Gasteiger partial charge in [0.1, 0.15) is 11.5 Å². The Labute approximate surface area is 194 Å². The molecule has 3 aromatic carbocycles. The normalized spacial score (nSPS) is 11.4. The smallest absolute Gasteiger partial charge is 0.255 e. The highest BCUT2D eigenvalue weighted by atomic mass is 16.5. The van der Waals surface area contributed by atoms with Gasteiger partial charge in [0.15, 0.2) is 0 Å². The molecule has 3 aromatic rings. The van der Waals surface area contributed by atoms with Crippen LogP contribution in [0.5, 0.6) is 11.5 Å². The molecule has 2 amide bonds. The second-order valence-corrected chi connectivity index (χ2v) is 7.97. The minimum absolute atomic E-state index is 0.0509. The summed E-state index contributed by atoms with van der Waals surface area (Å²) < 4.78 is 10.7. The number of para-hydroxylation sites is 1. The number of methoxy groups -OCH3 is 2. The van der Waals surface area contributed by atoms with Gasteiger partial charge in [0.25, 0.3) is 5.91 Å². The number of ether oxygens (including phenoxy) is 2. The standard InChI is InChI=1S/C27H30N2O4/c1-19(17-21-12-15-24(32-2)18-25(21)33-3)9-16-26(30)28-23-13-10-20(11-14-23)27(31)29-22-7-5-4-6-8-22/h4-8,10-15,18-19H,9,16-17H2,1-3H3,(H,28,30)(H,29,31). The summed E-state index contributed by atoms with van der Waals surface area (Å²) in [6.45, 7) is 2.12. The third-order valence-electron chi connectivity index (χ3n) is 5.39. The Kier molecular flexibility index (Phi) is 8.47. The largest absolute Gasteiger partial charge is 0.497 e. The number of nitrogens with one attached hydrogen (secondary N) is 2. The Bertz CT molecular complexity index is 1070. The van der Waals surface area contributed by atoms with Crippen molar-refractivity contribution < 1.29 is 19.1 Å². The molecule has 6 heteroatoms. The molecule has 0 aliphatic rings. The van der Waals surface area contributed by atoms with Gasteiger partial charge in [0.05, 0.1) is 14.2 Å². The van der Waals surface area contributed by atoms with E-state index in [0.29, 0.717) is 23.6 Å². The highest BCUT2D eigenvalue weighted by Crippen LogP contribution is 2.27. The quantitative estimate of drug-likeness (QED) is 0.428. The van der Waals surface area contributed by atoms with E-state index in [2.05, 4.69) is 17.6 Å². The average Bonchev–Trinajstić information content (AvgIpc) is 2.84. The van der Waals surface area contributed by atoms with Crippen LogP contribution in [0.3, 0.4) is 0 Å². The number of carbonyl (C=O) groups is 2. The molecule has 33 heavy (non-hydrogen) atoms. The van der Waals surface area contributed by atoms with Gasteiger partial charge in [-0.3, -0.25) is 9.59 Å². The SMILES string of the molecule is COc1ccc(CC(C)CCC(=O)Nc2ccc(C(=O)Nc3ccccc3)cc2)c(OC)c1. The molecule has 0 radical (unpaired) electrons. The molecule has 0 fully saturated rings. The summed E-state index contributed by atoms with van der Waals surface area (Å²) in [5.41, 5.74) is 3.02. The molecule has 0 saturated carbocycles. The number of amides is 2. The lowest BCUT2D eigenvalue weighted by molar-refractivity contribution is -0.116. The molecule has 1 atom stereocenters. The lowest BCUT2D eigenvalue weighted by Crippen LogP contribution is -2.14. The van der Waals surface area contributed by atoms with E-state index in [1.807, 2.05) is 48.5 Å². The fourth-order valence-corrected chi connectivity index (χ4v) is 3.53. The monoisotopic (exact) mass is 446 g/mol. The van der Waals surface area contributed by atoms with Crippen LogP contribution in [-0.4, -0.2) is 26.0 Å². The van der Waals surface area contributed by atoms with Gasteiger partial charge in [-0.2, -0.15) is 0 Å². The van der Waals surface area contributed by atoms with Gasteiger partial charge < -0.3 is 20.1 Å². The Hall–Kier alpha value is -3.80. The van der Waals surface area contributed by atoms with Gasteiger partial charge in [0.2, 0.25) is 5.91 Å². The minimum atomic E-state index is -0.193. The predicted molar refractivity (Wildman–Crippen MR) is 131 cm³/mol. The first-order chi connectivity index (χ1) is 16.0. The van der Waals surface area contributed by atoms with Crippen LogP contribution >= 0.6 is 0 Å². The van der Waals surface area contributed by atoms with E-state index in [4.69, 9.17) is 9.47 Å². The second-order valence-electron chi connectivity index (χ2n) is 7.97. The molecule has 0 spiro atoms. The molecular formula is C27H30N2O4. The van der Waals surface area contributed by atoms with Crippen molar-refractivity contribution in [1.82, 2.24) is 0 Å². The summed E-state index contributed by atoms with van der Waals surface area (Å²) in [5.74, 6) is 1.61. The maximum Gasteiger partial charge on any atom is 0.255 e. The minimum Gasteiger partial charge on any atom is -0.497 e. The van der Waals surface area contributed by atoms with Crippen molar-refractivity contribution in [3.05, 3.63) is 83.9 Å². The van der Waals surface area contributed by atoms with Gasteiger partial charge in [-0.25, -0.2) is 0 Å². The maximum absolute atomic E-state index is 12.4. The van der Waals surface area contributed by atoms with Gasteiger partial charge in [0, 0.05) is 29.4 Å². The third kappa shape index (κ3) is 7.10. The Balaban J connectivity index is 1.47. The first kappa shape index (κ1) is 23.9. The number of anilines is 2. The zero-order valence-corrected chi connectivity index (χ0v) is 19.3. The summed E-state index contributed by atoms with van der Waals surface area (Å²) >= 11 is 0. The first-order valence-corrected chi connectivity index (χ1v) is 11.0.